The Morgan fingerprint density at radius 1 is 0.952 bits per heavy atom. The quantitative estimate of drug-likeness (QED) is 0.702. The molecular weight excluding hydrogens is 328 g/mol. The molecule has 2 heterocycles. The molecule has 0 N–H and O–H groups in total. The van der Waals surface area contributed by atoms with Gasteiger partial charge in [-0.25, -0.2) is 0 Å². The molecule has 0 aliphatic carbocycles. The highest BCUT2D eigenvalue weighted by Crippen LogP contribution is 2.69. The van der Waals surface area contributed by atoms with Gasteiger partial charge in [-0.3, -0.25) is 0 Å². The Balaban J connectivity index is 2.02. The molecule has 2 aliphatic rings. The first-order chi connectivity index (χ1) is 9.91. The van der Waals surface area contributed by atoms with Crippen molar-refractivity contribution >= 4 is 15.9 Å². The van der Waals surface area contributed by atoms with Gasteiger partial charge < -0.3 is 9.47 Å². The smallest absolute Gasteiger partial charge is 0.155 e. The van der Waals surface area contributed by atoms with Crippen molar-refractivity contribution < 1.29 is 9.47 Å². The Labute approximate surface area is 133 Å². The van der Waals surface area contributed by atoms with E-state index in [0.29, 0.717) is 0 Å². The van der Waals surface area contributed by atoms with Gasteiger partial charge in [0.25, 0.3) is 0 Å². The molecule has 2 nitrogen and oxygen atoms in total. The van der Waals surface area contributed by atoms with Crippen molar-refractivity contribution in [3.8, 4) is 5.75 Å². The molecule has 0 bridgehead atoms. The average Bonchev–Trinajstić information content (AvgIpc) is 3.12. The van der Waals surface area contributed by atoms with E-state index < -0.39 is 5.60 Å². The van der Waals surface area contributed by atoms with Gasteiger partial charge in [0.2, 0.25) is 0 Å². The van der Waals surface area contributed by atoms with Gasteiger partial charge >= 0.3 is 0 Å². The Morgan fingerprint density at radius 3 is 2.38 bits per heavy atom. The third-order valence-electron chi connectivity index (χ3n) is 5.00. The van der Waals surface area contributed by atoms with Gasteiger partial charge in [0.15, 0.2) is 5.60 Å². The maximum atomic E-state index is 6.39. The SMILES string of the molecule is CC1(C)Oc2ccc(Br)cc2C2(c3ccccc3)OC12C. The number of rotatable bonds is 1. The fraction of sp³-hybridized carbons (Fsp3) is 0.333. The molecular formula is C18H17BrO2. The minimum absolute atomic E-state index is 0.366. The first kappa shape index (κ1) is 13.4. The molecule has 2 aromatic rings. The molecule has 4 rings (SSSR count). The van der Waals surface area contributed by atoms with Crippen molar-refractivity contribution in [2.24, 2.45) is 0 Å². The lowest BCUT2D eigenvalue weighted by atomic mass is 9.72. The molecule has 0 saturated carbocycles. The fourth-order valence-corrected chi connectivity index (χ4v) is 3.90. The van der Waals surface area contributed by atoms with Crippen LogP contribution in [0, 0.1) is 0 Å². The first-order valence-corrected chi connectivity index (χ1v) is 7.95. The summed E-state index contributed by atoms with van der Waals surface area (Å²) in [6, 6.07) is 16.6. The molecule has 3 heteroatoms. The zero-order chi connectivity index (χ0) is 14.9. The van der Waals surface area contributed by atoms with Crippen LogP contribution in [0.15, 0.2) is 53.0 Å². The molecule has 0 amide bonds. The zero-order valence-electron chi connectivity index (χ0n) is 12.3. The van der Waals surface area contributed by atoms with Gasteiger partial charge in [-0.2, -0.15) is 0 Å². The van der Waals surface area contributed by atoms with Gasteiger partial charge in [-0.05, 0) is 44.5 Å². The zero-order valence-corrected chi connectivity index (χ0v) is 13.9. The molecule has 0 aromatic heterocycles. The van der Waals surface area contributed by atoms with Crippen LogP contribution in [0.2, 0.25) is 0 Å². The van der Waals surface area contributed by atoms with Crippen LogP contribution in [0.25, 0.3) is 0 Å². The standard InChI is InChI=1S/C18H17BrO2/c1-16(2)17(3)18(21-17,12-7-5-4-6-8-12)14-11-13(19)9-10-15(14)20-16/h4-11H,1-3H3. The Hall–Kier alpha value is -1.32. The summed E-state index contributed by atoms with van der Waals surface area (Å²) in [6.45, 7) is 6.34. The van der Waals surface area contributed by atoms with Crippen LogP contribution < -0.4 is 4.74 Å². The van der Waals surface area contributed by atoms with Crippen molar-refractivity contribution in [2.45, 2.75) is 37.6 Å². The summed E-state index contributed by atoms with van der Waals surface area (Å²) in [4.78, 5) is 0. The highest BCUT2D eigenvalue weighted by Gasteiger charge is 2.78. The molecule has 0 spiro atoms. The van der Waals surface area contributed by atoms with E-state index in [-0.39, 0.29) is 11.2 Å². The second kappa shape index (κ2) is 3.90. The van der Waals surface area contributed by atoms with Crippen molar-refractivity contribution in [1.82, 2.24) is 0 Å². The summed E-state index contributed by atoms with van der Waals surface area (Å²) >= 11 is 3.57. The largest absolute Gasteiger partial charge is 0.484 e. The van der Waals surface area contributed by atoms with Gasteiger partial charge in [-0.15, -0.1) is 0 Å². The van der Waals surface area contributed by atoms with Crippen LogP contribution in [-0.2, 0) is 10.3 Å². The topological polar surface area (TPSA) is 21.8 Å². The lowest BCUT2D eigenvalue weighted by Gasteiger charge is -2.39. The van der Waals surface area contributed by atoms with Gasteiger partial charge in [0, 0.05) is 10.0 Å². The fourth-order valence-electron chi connectivity index (χ4n) is 3.54. The van der Waals surface area contributed by atoms with Crippen LogP contribution in [0.1, 0.15) is 31.9 Å². The summed E-state index contributed by atoms with van der Waals surface area (Å²) in [5, 5.41) is 0. The van der Waals surface area contributed by atoms with Gasteiger partial charge in [0.05, 0.1) is 0 Å². The number of fused-ring (bicyclic) bond motifs is 3. The van der Waals surface area contributed by atoms with Crippen molar-refractivity contribution in [1.29, 1.82) is 0 Å². The van der Waals surface area contributed by atoms with Crippen molar-refractivity contribution in [3.63, 3.8) is 0 Å². The summed E-state index contributed by atoms with van der Waals surface area (Å²) in [7, 11) is 0. The predicted octanol–water partition coefficient (Wildman–Crippen LogP) is 4.65. The minimum atomic E-state index is -0.422. The number of benzene rings is 2. The van der Waals surface area contributed by atoms with Crippen LogP contribution in [0.4, 0.5) is 0 Å². The predicted molar refractivity (Wildman–Crippen MR) is 85.6 cm³/mol. The molecule has 0 radical (unpaired) electrons. The molecule has 1 saturated heterocycles. The van der Waals surface area contributed by atoms with E-state index in [9.17, 15) is 0 Å². The second-order valence-electron chi connectivity index (χ2n) is 6.44. The van der Waals surface area contributed by atoms with E-state index in [1.165, 1.54) is 5.56 Å². The molecule has 21 heavy (non-hydrogen) atoms. The Kier molecular flexibility index (Phi) is 2.48. The monoisotopic (exact) mass is 344 g/mol. The maximum absolute atomic E-state index is 6.39. The molecule has 2 aromatic carbocycles. The van der Waals surface area contributed by atoms with Crippen molar-refractivity contribution in [3.05, 3.63) is 64.1 Å². The van der Waals surface area contributed by atoms with Crippen LogP contribution in [0.5, 0.6) is 5.75 Å². The number of hydrogen-bond acceptors (Lipinski definition) is 2. The van der Waals surface area contributed by atoms with E-state index in [2.05, 4.69) is 67.0 Å². The summed E-state index contributed by atoms with van der Waals surface area (Å²) in [5.41, 5.74) is 1.11. The number of ether oxygens (including phenoxy) is 2. The lowest BCUT2D eigenvalue weighted by Crippen LogP contribution is -2.50. The van der Waals surface area contributed by atoms with Gasteiger partial charge in [0.1, 0.15) is 17.0 Å². The van der Waals surface area contributed by atoms with Gasteiger partial charge in [-0.1, -0.05) is 46.3 Å². The first-order valence-electron chi connectivity index (χ1n) is 7.15. The van der Waals surface area contributed by atoms with E-state index in [4.69, 9.17) is 9.47 Å². The number of halogens is 1. The van der Waals surface area contributed by atoms with E-state index in [0.717, 1.165) is 15.8 Å². The molecule has 108 valence electrons. The third-order valence-corrected chi connectivity index (χ3v) is 5.50. The highest BCUT2D eigenvalue weighted by molar-refractivity contribution is 9.10. The van der Waals surface area contributed by atoms with Crippen molar-refractivity contribution in [2.75, 3.05) is 0 Å². The van der Waals surface area contributed by atoms with E-state index >= 15 is 0 Å². The number of epoxide rings is 1. The minimum Gasteiger partial charge on any atom is -0.484 e. The third kappa shape index (κ3) is 1.51. The lowest BCUT2D eigenvalue weighted by molar-refractivity contribution is 0.0230. The summed E-state index contributed by atoms with van der Waals surface area (Å²) in [5.74, 6) is 0.905. The molecule has 1 fully saturated rings. The normalized spacial score (nSPS) is 31.8. The summed E-state index contributed by atoms with van der Waals surface area (Å²) < 4.78 is 13.7. The molecule has 2 aliphatic heterocycles. The van der Waals surface area contributed by atoms with Crippen LogP contribution in [0.3, 0.4) is 0 Å². The van der Waals surface area contributed by atoms with E-state index in [1.54, 1.807) is 0 Å². The summed E-state index contributed by atoms with van der Waals surface area (Å²) in [6.07, 6.45) is 0. The Morgan fingerprint density at radius 2 is 1.67 bits per heavy atom. The average molecular weight is 345 g/mol. The number of hydrogen-bond donors (Lipinski definition) is 0. The van der Waals surface area contributed by atoms with Crippen LogP contribution in [-0.4, -0.2) is 11.2 Å². The molecule has 2 atom stereocenters. The second-order valence-corrected chi connectivity index (χ2v) is 7.35. The van der Waals surface area contributed by atoms with Crippen LogP contribution >= 0.6 is 15.9 Å². The highest BCUT2D eigenvalue weighted by atomic mass is 79.9. The molecule has 2 unspecified atom stereocenters. The van der Waals surface area contributed by atoms with E-state index in [1.807, 2.05) is 18.2 Å². The maximum Gasteiger partial charge on any atom is 0.155 e. The Bertz CT molecular complexity index is 725.